The smallest absolute Gasteiger partial charge is 0.157 e. The maximum Gasteiger partial charge on any atom is 0.157 e. The number of imidazole rings is 1. The fraction of sp³-hybridized carbons (Fsp3) is 0.200. The van der Waals surface area contributed by atoms with Crippen molar-refractivity contribution in [2.75, 3.05) is 0 Å². The van der Waals surface area contributed by atoms with Crippen molar-refractivity contribution in [2.24, 2.45) is 5.73 Å². The van der Waals surface area contributed by atoms with E-state index in [2.05, 4.69) is 27.1 Å². The Hall–Kier alpha value is -2.20. The van der Waals surface area contributed by atoms with Gasteiger partial charge in [-0.15, -0.1) is 0 Å². The predicted octanol–water partition coefficient (Wildman–Crippen LogP) is 2.57. The number of aromatic amines is 1. The summed E-state index contributed by atoms with van der Waals surface area (Å²) in [5.74, 6) is 0.801. The summed E-state index contributed by atoms with van der Waals surface area (Å²) >= 11 is 0. The molecule has 1 aliphatic carbocycles. The van der Waals surface area contributed by atoms with Gasteiger partial charge in [0.05, 0.1) is 11.0 Å². The van der Waals surface area contributed by atoms with Gasteiger partial charge in [0.2, 0.25) is 0 Å². The topological polar surface area (TPSA) is 67.6 Å². The third kappa shape index (κ3) is 1.72. The lowest BCUT2D eigenvalue weighted by Gasteiger charge is -2.07. The van der Waals surface area contributed by atoms with Gasteiger partial charge in [-0.2, -0.15) is 0 Å². The van der Waals surface area contributed by atoms with E-state index in [4.69, 9.17) is 5.73 Å². The molecule has 0 saturated heterocycles. The summed E-state index contributed by atoms with van der Waals surface area (Å²) in [5, 5.41) is 0. The number of rotatable bonds is 2. The van der Waals surface area contributed by atoms with Crippen LogP contribution in [0, 0.1) is 0 Å². The SMILES string of the molecule is NC1(c2ccc3nc(-c4ccccn4)[nH]c3c2)CC1. The first-order valence-corrected chi connectivity index (χ1v) is 6.45. The Morgan fingerprint density at radius 2 is 2.05 bits per heavy atom. The third-order valence-corrected chi connectivity index (χ3v) is 3.75. The molecule has 0 aliphatic heterocycles. The maximum atomic E-state index is 6.23. The molecule has 19 heavy (non-hydrogen) atoms. The molecule has 3 N–H and O–H groups in total. The van der Waals surface area contributed by atoms with Crippen LogP contribution in [-0.4, -0.2) is 15.0 Å². The number of aromatic nitrogens is 3. The highest BCUT2D eigenvalue weighted by molar-refractivity contribution is 5.79. The van der Waals surface area contributed by atoms with E-state index < -0.39 is 0 Å². The highest BCUT2D eigenvalue weighted by Crippen LogP contribution is 2.43. The second-order valence-corrected chi connectivity index (χ2v) is 5.19. The highest BCUT2D eigenvalue weighted by atomic mass is 14.9. The van der Waals surface area contributed by atoms with Crippen molar-refractivity contribution >= 4 is 11.0 Å². The van der Waals surface area contributed by atoms with Crippen LogP contribution < -0.4 is 5.73 Å². The van der Waals surface area contributed by atoms with Gasteiger partial charge in [-0.3, -0.25) is 4.98 Å². The fourth-order valence-electron chi connectivity index (χ4n) is 2.37. The lowest BCUT2D eigenvalue weighted by atomic mass is 10.1. The zero-order valence-corrected chi connectivity index (χ0v) is 10.4. The Kier molecular flexibility index (Phi) is 2.05. The minimum atomic E-state index is -0.107. The molecule has 1 aromatic carbocycles. The monoisotopic (exact) mass is 250 g/mol. The summed E-state index contributed by atoms with van der Waals surface area (Å²) in [7, 11) is 0. The molecule has 94 valence electrons. The second kappa shape index (κ2) is 3.65. The van der Waals surface area contributed by atoms with Crippen molar-refractivity contribution in [1.29, 1.82) is 0 Å². The van der Waals surface area contributed by atoms with Crippen LogP contribution in [0.15, 0.2) is 42.6 Å². The molecule has 4 rings (SSSR count). The predicted molar refractivity (Wildman–Crippen MR) is 74.4 cm³/mol. The van der Waals surface area contributed by atoms with E-state index in [1.165, 1.54) is 5.56 Å². The second-order valence-electron chi connectivity index (χ2n) is 5.19. The van der Waals surface area contributed by atoms with Crippen LogP contribution in [0.4, 0.5) is 0 Å². The molecule has 0 radical (unpaired) electrons. The van der Waals surface area contributed by atoms with E-state index in [0.29, 0.717) is 0 Å². The summed E-state index contributed by atoms with van der Waals surface area (Å²) in [6, 6.07) is 12.0. The highest BCUT2D eigenvalue weighted by Gasteiger charge is 2.40. The maximum absolute atomic E-state index is 6.23. The van der Waals surface area contributed by atoms with Crippen LogP contribution in [-0.2, 0) is 5.54 Å². The quantitative estimate of drug-likeness (QED) is 0.734. The van der Waals surface area contributed by atoms with E-state index in [1.807, 2.05) is 24.3 Å². The minimum Gasteiger partial charge on any atom is -0.337 e. The summed E-state index contributed by atoms with van der Waals surface area (Å²) in [6.07, 6.45) is 3.91. The Balaban J connectivity index is 1.83. The molecule has 0 atom stereocenters. The number of benzene rings is 1. The Bertz CT molecular complexity index is 741. The van der Waals surface area contributed by atoms with Gasteiger partial charge < -0.3 is 10.7 Å². The summed E-state index contributed by atoms with van der Waals surface area (Å²) in [4.78, 5) is 12.2. The van der Waals surface area contributed by atoms with Gasteiger partial charge in [-0.05, 0) is 42.7 Å². The number of nitrogens with zero attached hydrogens (tertiary/aromatic N) is 2. The number of nitrogens with one attached hydrogen (secondary N) is 1. The first-order chi connectivity index (χ1) is 9.24. The lowest BCUT2D eigenvalue weighted by Crippen LogP contribution is -2.18. The number of nitrogens with two attached hydrogens (primary N) is 1. The summed E-state index contributed by atoms with van der Waals surface area (Å²) in [5.41, 5.74) is 10.1. The van der Waals surface area contributed by atoms with E-state index in [1.54, 1.807) is 6.20 Å². The summed E-state index contributed by atoms with van der Waals surface area (Å²) in [6.45, 7) is 0. The van der Waals surface area contributed by atoms with E-state index in [-0.39, 0.29) is 5.54 Å². The number of hydrogen-bond acceptors (Lipinski definition) is 3. The Labute approximate surface area is 110 Å². The molecular formula is C15H14N4. The number of hydrogen-bond donors (Lipinski definition) is 2. The minimum absolute atomic E-state index is 0.107. The third-order valence-electron chi connectivity index (χ3n) is 3.75. The molecule has 1 fully saturated rings. The standard InChI is InChI=1S/C15H14N4/c16-15(6-7-15)10-4-5-11-13(9-10)19-14(18-11)12-3-1-2-8-17-12/h1-5,8-9H,6-7,16H2,(H,18,19). The molecule has 2 aromatic heterocycles. The molecule has 2 heterocycles. The van der Waals surface area contributed by atoms with Gasteiger partial charge in [0.15, 0.2) is 5.82 Å². The normalized spacial score (nSPS) is 16.7. The molecule has 1 aliphatic rings. The largest absolute Gasteiger partial charge is 0.337 e. The lowest BCUT2D eigenvalue weighted by molar-refractivity contribution is 0.741. The molecule has 0 bridgehead atoms. The average molecular weight is 250 g/mol. The van der Waals surface area contributed by atoms with Crippen molar-refractivity contribution in [2.45, 2.75) is 18.4 Å². The molecule has 3 aromatic rings. The van der Waals surface area contributed by atoms with Gasteiger partial charge in [0.1, 0.15) is 5.69 Å². The van der Waals surface area contributed by atoms with E-state index in [0.717, 1.165) is 35.4 Å². The zero-order valence-electron chi connectivity index (χ0n) is 10.4. The van der Waals surface area contributed by atoms with Gasteiger partial charge >= 0.3 is 0 Å². The van der Waals surface area contributed by atoms with Crippen LogP contribution in [0.2, 0.25) is 0 Å². The Morgan fingerprint density at radius 3 is 2.79 bits per heavy atom. The molecular weight excluding hydrogens is 236 g/mol. The van der Waals surface area contributed by atoms with Crippen LogP contribution >= 0.6 is 0 Å². The molecule has 0 spiro atoms. The van der Waals surface area contributed by atoms with Gasteiger partial charge in [0, 0.05) is 11.7 Å². The molecule has 4 heteroatoms. The molecule has 4 nitrogen and oxygen atoms in total. The molecule has 0 unspecified atom stereocenters. The van der Waals surface area contributed by atoms with E-state index in [9.17, 15) is 0 Å². The van der Waals surface area contributed by atoms with Gasteiger partial charge in [-0.25, -0.2) is 4.98 Å². The van der Waals surface area contributed by atoms with Gasteiger partial charge in [0.25, 0.3) is 0 Å². The molecule has 0 amide bonds. The van der Waals surface area contributed by atoms with Crippen LogP contribution in [0.25, 0.3) is 22.6 Å². The fourth-order valence-corrected chi connectivity index (χ4v) is 2.37. The van der Waals surface area contributed by atoms with Crippen LogP contribution in [0.3, 0.4) is 0 Å². The van der Waals surface area contributed by atoms with Crippen molar-refractivity contribution in [3.05, 3.63) is 48.2 Å². The summed E-state index contributed by atoms with van der Waals surface area (Å²) < 4.78 is 0. The van der Waals surface area contributed by atoms with Crippen molar-refractivity contribution in [3.8, 4) is 11.5 Å². The van der Waals surface area contributed by atoms with Crippen molar-refractivity contribution in [3.63, 3.8) is 0 Å². The zero-order chi connectivity index (χ0) is 12.9. The number of pyridine rings is 1. The molecule has 1 saturated carbocycles. The number of fused-ring (bicyclic) bond motifs is 1. The first-order valence-electron chi connectivity index (χ1n) is 6.45. The van der Waals surface area contributed by atoms with Crippen LogP contribution in [0.1, 0.15) is 18.4 Å². The first kappa shape index (κ1) is 10.7. The average Bonchev–Trinajstić information content (AvgIpc) is 3.06. The van der Waals surface area contributed by atoms with Crippen LogP contribution in [0.5, 0.6) is 0 Å². The Morgan fingerprint density at radius 1 is 1.16 bits per heavy atom. The van der Waals surface area contributed by atoms with Crippen molar-refractivity contribution in [1.82, 2.24) is 15.0 Å². The van der Waals surface area contributed by atoms with Gasteiger partial charge in [-0.1, -0.05) is 12.1 Å². The van der Waals surface area contributed by atoms with E-state index >= 15 is 0 Å². The number of H-pyrrole nitrogens is 1. The van der Waals surface area contributed by atoms with Crippen molar-refractivity contribution < 1.29 is 0 Å².